The second kappa shape index (κ2) is 7.86. The molecule has 4 heteroatoms. The van der Waals surface area contributed by atoms with Gasteiger partial charge in [0.1, 0.15) is 11.5 Å². The fraction of sp³-hybridized carbons (Fsp3) is 0.412. The lowest BCUT2D eigenvalue weighted by Gasteiger charge is -2.29. The largest absolute Gasteiger partial charge is 0.494 e. The normalized spacial score (nSPS) is 12.6. The van der Waals surface area contributed by atoms with Gasteiger partial charge in [0.15, 0.2) is 0 Å². The van der Waals surface area contributed by atoms with Gasteiger partial charge in [-0.1, -0.05) is 19.1 Å². The Kier molecular flexibility index (Phi) is 5.84. The van der Waals surface area contributed by atoms with Crippen LogP contribution < -0.4 is 10.5 Å². The van der Waals surface area contributed by atoms with Crippen molar-refractivity contribution in [1.82, 2.24) is 4.90 Å². The highest BCUT2D eigenvalue weighted by Gasteiger charge is 2.19. The van der Waals surface area contributed by atoms with Crippen molar-refractivity contribution in [2.45, 2.75) is 26.4 Å². The monoisotopic (exact) mass is 288 g/mol. The predicted molar refractivity (Wildman–Crippen MR) is 84.2 cm³/mol. The van der Waals surface area contributed by atoms with Crippen LogP contribution in [0.4, 0.5) is 0 Å². The predicted octanol–water partition coefficient (Wildman–Crippen LogP) is 3.20. The number of rotatable bonds is 8. The van der Waals surface area contributed by atoms with Gasteiger partial charge in [-0.05, 0) is 43.3 Å². The Morgan fingerprint density at radius 2 is 2.10 bits per heavy atom. The zero-order valence-electron chi connectivity index (χ0n) is 12.8. The van der Waals surface area contributed by atoms with E-state index in [1.807, 2.05) is 31.2 Å². The smallest absolute Gasteiger partial charge is 0.119 e. The van der Waals surface area contributed by atoms with Crippen molar-refractivity contribution in [2.24, 2.45) is 5.73 Å². The molecule has 1 atom stereocenters. The van der Waals surface area contributed by atoms with Crippen molar-refractivity contribution >= 4 is 0 Å². The van der Waals surface area contributed by atoms with E-state index < -0.39 is 0 Å². The van der Waals surface area contributed by atoms with Crippen molar-refractivity contribution in [2.75, 3.05) is 19.7 Å². The van der Waals surface area contributed by atoms with Crippen LogP contribution in [0.25, 0.3) is 0 Å². The molecule has 0 saturated carbocycles. The number of nitrogens with zero attached hydrogens (tertiary/aromatic N) is 1. The van der Waals surface area contributed by atoms with E-state index in [4.69, 9.17) is 14.9 Å². The minimum Gasteiger partial charge on any atom is -0.494 e. The molecular formula is C17H24N2O2. The van der Waals surface area contributed by atoms with Crippen LogP contribution >= 0.6 is 0 Å². The maximum atomic E-state index is 6.02. The maximum absolute atomic E-state index is 6.02. The van der Waals surface area contributed by atoms with E-state index in [9.17, 15) is 0 Å². The number of nitrogens with two attached hydrogens (primary N) is 1. The number of hydrogen-bond donors (Lipinski definition) is 1. The quantitative estimate of drug-likeness (QED) is 0.810. The Balaban J connectivity index is 2.17. The van der Waals surface area contributed by atoms with Gasteiger partial charge in [0, 0.05) is 12.6 Å². The molecule has 0 saturated heterocycles. The zero-order chi connectivity index (χ0) is 15.1. The van der Waals surface area contributed by atoms with Gasteiger partial charge in [-0.25, -0.2) is 0 Å². The SMILES string of the molecule is CCOc1cccc(C(CN)N(CC)Cc2ccco2)c1. The molecule has 0 aliphatic rings. The lowest BCUT2D eigenvalue weighted by molar-refractivity contribution is 0.187. The summed E-state index contributed by atoms with van der Waals surface area (Å²) in [5.74, 6) is 1.85. The van der Waals surface area contributed by atoms with Crippen LogP contribution in [0, 0.1) is 0 Å². The molecular weight excluding hydrogens is 264 g/mol. The summed E-state index contributed by atoms with van der Waals surface area (Å²) in [7, 11) is 0. The first-order valence-corrected chi connectivity index (χ1v) is 7.47. The van der Waals surface area contributed by atoms with Gasteiger partial charge in [0.05, 0.1) is 19.4 Å². The minimum atomic E-state index is 0.153. The number of hydrogen-bond acceptors (Lipinski definition) is 4. The van der Waals surface area contributed by atoms with Gasteiger partial charge in [0.2, 0.25) is 0 Å². The fourth-order valence-corrected chi connectivity index (χ4v) is 2.52. The van der Waals surface area contributed by atoms with Crippen LogP contribution in [-0.2, 0) is 6.54 Å². The topological polar surface area (TPSA) is 51.6 Å². The summed E-state index contributed by atoms with van der Waals surface area (Å²) in [5.41, 5.74) is 7.20. The van der Waals surface area contributed by atoms with Crippen molar-refractivity contribution in [3.05, 3.63) is 54.0 Å². The second-order valence-electron chi connectivity index (χ2n) is 4.90. The lowest BCUT2D eigenvalue weighted by atomic mass is 10.0. The summed E-state index contributed by atoms with van der Waals surface area (Å²) in [6.45, 7) is 7.01. The standard InChI is InChI=1S/C17H24N2O2/c1-3-19(13-16-9-6-10-21-16)17(12-18)14-7-5-8-15(11-14)20-4-2/h5-11,17H,3-4,12-13,18H2,1-2H3. The van der Waals surface area contributed by atoms with E-state index in [0.717, 1.165) is 24.6 Å². The first-order chi connectivity index (χ1) is 10.3. The minimum absolute atomic E-state index is 0.153. The van der Waals surface area contributed by atoms with Gasteiger partial charge in [0.25, 0.3) is 0 Å². The molecule has 0 bridgehead atoms. The van der Waals surface area contributed by atoms with Gasteiger partial charge in [-0.15, -0.1) is 0 Å². The first-order valence-electron chi connectivity index (χ1n) is 7.47. The van der Waals surface area contributed by atoms with Gasteiger partial charge < -0.3 is 14.9 Å². The van der Waals surface area contributed by atoms with E-state index in [2.05, 4.69) is 24.0 Å². The van der Waals surface area contributed by atoms with Crippen LogP contribution in [-0.4, -0.2) is 24.6 Å². The molecule has 21 heavy (non-hydrogen) atoms. The summed E-state index contributed by atoms with van der Waals surface area (Å²) in [5, 5.41) is 0. The summed E-state index contributed by atoms with van der Waals surface area (Å²) in [6, 6.07) is 12.2. The highest BCUT2D eigenvalue weighted by atomic mass is 16.5. The van der Waals surface area contributed by atoms with Gasteiger partial charge in [-0.3, -0.25) is 4.90 Å². The van der Waals surface area contributed by atoms with E-state index in [1.165, 1.54) is 5.56 Å². The van der Waals surface area contributed by atoms with E-state index in [-0.39, 0.29) is 6.04 Å². The zero-order valence-corrected chi connectivity index (χ0v) is 12.8. The molecule has 1 aromatic carbocycles. The summed E-state index contributed by atoms with van der Waals surface area (Å²) in [6.07, 6.45) is 1.70. The molecule has 1 aromatic heterocycles. The van der Waals surface area contributed by atoms with Crippen LogP contribution in [0.2, 0.25) is 0 Å². The van der Waals surface area contributed by atoms with Crippen LogP contribution in [0.5, 0.6) is 5.75 Å². The molecule has 4 nitrogen and oxygen atoms in total. The molecule has 2 N–H and O–H groups in total. The molecule has 0 amide bonds. The van der Waals surface area contributed by atoms with Crippen LogP contribution in [0.3, 0.4) is 0 Å². The van der Waals surface area contributed by atoms with Crippen LogP contribution in [0.1, 0.15) is 31.2 Å². The van der Waals surface area contributed by atoms with Gasteiger partial charge in [-0.2, -0.15) is 0 Å². The summed E-state index contributed by atoms with van der Waals surface area (Å²) < 4.78 is 11.0. The average Bonchev–Trinajstić information content (AvgIpc) is 3.01. The van der Waals surface area contributed by atoms with Crippen molar-refractivity contribution in [3.63, 3.8) is 0 Å². The summed E-state index contributed by atoms with van der Waals surface area (Å²) in [4.78, 5) is 2.31. The first kappa shape index (κ1) is 15.6. The molecule has 114 valence electrons. The Bertz CT molecular complexity index is 525. The molecule has 0 radical (unpaired) electrons. The molecule has 0 fully saturated rings. The molecule has 0 aliphatic carbocycles. The number of ether oxygens (including phenoxy) is 1. The Labute approximate surface area is 126 Å². The number of likely N-dealkylation sites (N-methyl/N-ethyl adjacent to an activating group) is 1. The third-order valence-electron chi connectivity index (χ3n) is 3.56. The summed E-state index contributed by atoms with van der Waals surface area (Å²) >= 11 is 0. The molecule has 2 aromatic rings. The van der Waals surface area contributed by atoms with Crippen molar-refractivity contribution in [1.29, 1.82) is 0 Å². The lowest BCUT2D eigenvalue weighted by Crippen LogP contribution is -2.33. The molecule has 0 spiro atoms. The molecule has 0 aliphatic heterocycles. The van der Waals surface area contributed by atoms with E-state index in [0.29, 0.717) is 13.2 Å². The fourth-order valence-electron chi connectivity index (χ4n) is 2.52. The van der Waals surface area contributed by atoms with Crippen molar-refractivity contribution in [3.8, 4) is 5.75 Å². The van der Waals surface area contributed by atoms with Gasteiger partial charge >= 0.3 is 0 Å². The van der Waals surface area contributed by atoms with Crippen LogP contribution in [0.15, 0.2) is 47.1 Å². The second-order valence-corrected chi connectivity index (χ2v) is 4.90. The highest BCUT2D eigenvalue weighted by Crippen LogP contribution is 2.25. The Hall–Kier alpha value is -1.78. The highest BCUT2D eigenvalue weighted by molar-refractivity contribution is 5.31. The molecule has 2 rings (SSSR count). The number of benzene rings is 1. The molecule has 1 heterocycles. The average molecular weight is 288 g/mol. The molecule has 1 unspecified atom stereocenters. The number of furan rings is 1. The Morgan fingerprint density at radius 1 is 1.24 bits per heavy atom. The third kappa shape index (κ3) is 4.09. The maximum Gasteiger partial charge on any atom is 0.119 e. The van der Waals surface area contributed by atoms with Crippen molar-refractivity contribution < 1.29 is 9.15 Å². The van der Waals surface area contributed by atoms with E-state index >= 15 is 0 Å². The Morgan fingerprint density at radius 3 is 2.71 bits per heavy atom. The third-order valence-corrected chi connectivity index (χ3v) is 3.56. The van der Waals surface area contributed by atoms with E-state index in [1.54, 1.807) is 6.26 Å².